The minimum absolute atomic E-state index is 0.168. The summed E-state index contributed by atoms with van der Waals surface area (Å²) in [6.45, 7) is 1.79. The van der Waals surface area contributed by atoms with Crippen LogP contribution in [0.15, 0.2) is 35.5 Å². The van der Waals surface area contributed by atoms with Crippen LogP contribution in [0.25, 0.3) is 0 Å². The van der Waals surface area contributed by atoms with Gasteiger partial charge in [-0.05, 0) is 24.2 Å². The van der Waals surface area contributed by atoms with Gasteiger partial charge in [0.15, 0.2) is 0 Å². The highest BCUT2D eigenvalue weighted by Crippen LogP contribution is 2.01. The molecule has 0 fully saturated rings. The first kappa shape index (κ1) is 12.7. The molecule has 0 radical (unpaired) electrons. The van der Waals surface area contributed by atoms with Crippen LogP contribution in [0.4, 0.5) is 0 Å². The number of nitrogens with two attached hydrogens (primary N) is 1. The van der Waals surface area contributed by atoms with Crippen LogP contribution < -0.4 is 5.73 Å². The predicted octanol–water partition coefficient (Wildman–Crippen LogP) is 0.679. The van der Waals surface area contributed by atoms with E-state index in [0.717, 1.165) is 0 Å². The summed E-state index contributed by atoms with van der Waals surface area (Å²) in [7, 11) is 0. The molecule has 0 aliphatic rings. The van der Waals surface area contributed by atoms with Gasteiger partial charge in [-0.1, -0.05) is 18.2 Å². The molecule has 6 heteroatoms. The largest absolute Gasteiger partial charge is 0.460 e. The van der Waals surface area contributed by atoms with Crippen LogP contribution in [-0.4, -0.2) is 24.4 Å². The maximum absolute atomic E-state index is 11.4. The Kier molecular flexibility index (Phi) is 4.68. The third-order valence-corrected chi connectivity index (χ3v) is 1.72. The molecular weight excluding hydrogens is 224 g/mol. The smallest absolute Gasteiger partial charge is 0.377 e. The molecule has 0 amide bonds. The van der Waals surface area contributed by atoms with Gasteiger partial charge in [-0.15, -0.1) is 0 Å². The summed E-state index contributed by atoms with van der Waals surface area (Å²) in [6, 6.07) is 8.22. The zero-order valence-corrected chi connectivity index (χ0v) is 9.25. The molecule has 2 N–H and O–H groups in total. The number of rotatable bonds is 3. The zero-order valence-electron chi connectivity index (χ0n) is 9.25. The SMILES string of the molecule is CCOC(=O)C(N)=NOC(=O)c1ccccc1. The average Bonchev–Trinajstić information content (AvgIpc) is 2.36. The third kappa shape index (κ3) is 3.94. The van der Waals surface area contributed by atoms with Crippen molar-refractivity contribution in [2.24, 2.45) is 10.9 Å². The summed E-state index contributed by atoms with van der Waals surface area (Å²) < 4.78 is 4.56. The van der Waals surface area contributed by atoms with E-state index in [4.69, 9.17) is 5.73 Å². The number of carbonyl (C=O) groups is 2. The zero-order chi connectivity index (χ0) is 12.7. The molecule has 0 heterocycles. The van der Waals surface area contributed by atoms with Gasteiger partial charge in [0, 0.05) is 0 Å². The molecule has 0 bridgehead atoms. The van der Waals surface area contributed by atoms with Gasteiger partial charge in [0.25, 0.3) is 0 Å². The fourth-order valence-electron chi connectivity index (χ4n) is 0.960. The molecule has 0 saturated heterocycles. The minimum Gasteiger partial charge on any atom is -0.460 e. The van der Waals surface area contributed by atoms with Crippen molar-refractivity contribution in [3.63, 3.8) is 0 Å². The normalized spacial score (nSPS) is 10.8. The van der Waals surface area contributed by atoms with Gasteiger partial charge in [-0.25, -0.2) is 9.59 Å². The Morgan fingerprint density at radius 2 is 1.94 bits per heavy atom. The van der Waals surface area contributed by atoms with Crippen LogP contribution in [0, 0.1) is 0 Å². The number of hydrogen-bond donors (Lipinski definition) is 1. The maximum Gasteiger partial charge on any atom is 0.377 e. The van der Waals surface area contributed by atoms with E-state index in [1.807, 2.05) is 0 Å². The Morgan fingerprint density at radius 1 is 1.29 bits per heavy atom. The lowest BCUT2D eigenvalue weighted by molar-refractivity contribution is -0.135. The molecule has 1 aromatic carbocycles. The second-order valence-corrected chi connectivity index (χ2v) is 2.94. The predicted molar refractivity (Wildman–Crippen MR) is 60.1 cm³/mol. The van der Waals surface area contributed by atoms with Gasteiger partial charge in [-0.3, -0.25) is 0 Å². The average molecular weight is 236 g/mol. The molecule has 0 unspecified atom stereocenters. The monoisotopic (exact) mass is 236 g/mol. The van der Waals surface area contributed by atoms with Crippen molar-refractivity contribution in [3.8, 4) is 0 Å². The van der Waals surface area contributed by atoms with Crippen molar-refractivity contribution in [1.29, 1.82) is 0 Å². The number of hydrogen-bond acceptors (Lipinski definition) is 5. The fraction of sp³-hybridized carbons (Fsp3) is 0.182. The van der Waals surface area contributed by atoms with Crippen molar-refractivity contribution < 1.29 is 19.2 Å². The Hall–Kier alpha value is -2.37. The lowest BCUT2D eigenvalue weighted by atomic mass is 10.2. The van der Waals surface area contributed by atoms with Crippen LogP contribution in [0.1, 0.15) is 17.3 Å². The van der Waals surface area contributed by atoms with Crippen molar-refractivity contribution in [3.05, 3.63) is 35.9 Å². The quantitative estimate of drug-likeness (QED) is 0.274. The molecule has 1 aromatic rings. The third-order valence-electron chi connectivity index (χ3n) is 1.72. The van der Waals surface area contributed by atoms with Gasteiger partial charge in [0.1, 0.15) is 0 Å². The Bertz CT molecular complexity index is 428. The summed E-state index contributed by atoms with van der Waals surface area (Å²) in [6.07, 6.45) is 0. The molecule has 0 saturated carbocycles. The van der Waals surface area contributed by atoms with Crippen molar-refractivity contribution >= 4 is 17.8 Å². The van der Waals surface area contributed by atoms with Gasteiger partial charge < -0.3 is 15.3 Å². The molecule has 0 aliphatic heterocycles. The number of amidine groups is 1. The van der Waals surface area contributed by atoms with Crippen LogP contribution >= 0.6 is 0 Å². The first-order valence-electron chi connectivity index (χ1n) is 4.92. The van der Waals surface area contributed by atoms with Crippen molar-refractivity contribution in [1.82, 2.24) is 0 Å². The van der Waals surface area contributed by atoms with E-state index in [1.165, 1.54) is 0 Å². The number of esters is 1. The van der Waals surface area contributed by atoms with E-state index in [0.29, 0.717) is 5.56 Å². The highest BCUT2D eigenvalue weighted by molar-refractivity contribution is 6.34. The summed E-state index contributed by atoms with van der Waals surface area (Å²) in [5.41, 5.74) is 5.54. The molecule has 0 spiro atoms. The summed E-state index contributed by atoms with van der Waals surface area (Å²) >= 11 is 0. The number of oxime groups is 1. The van der Waals surface area contributed by atoms with Gasteiger partial charge in [-0.2, -0.15) is 0 Å². The lowest BCUT2D eigenvalue weighted by Gasteiger charge is -2.00. The molecule has 0 atom stereocenters. The topological polar surface area (TPSA) is 91.0 Å². The van der Waals surface area contributed by atoms with Gasteiger partial charge in [0.2, 0.25) is 5.84 Å². The van der Waals surface area contributed by atoms with Crippen LogP contribution in [-0.2, 0) is 14.4 Å². The molecule has 1 rings (SSSR count). The van der Waals surface area contributed by atoms with Gasteiger partial charge >= 0.3 is 11.9 Å². The van der Waals surface area contributed by atoms with Gasteiger partial charge in [0.05, 0.1) is 12.2 Å². The van der Waals surface area contributed by atoms with E-state index in [-0.39, 0.29) is 6.61 Å². The van der Waals surface area contributed by atoms with Crippen LogP contribution in [0.2, 0.25) is 0 Å². The van der Waals surface area contributed by atoms with E-state index in [9.17, 15) is 9.59 Å². The minimum atomic E-state index is -0.826. The fourth-order valence-corrected chi connectivity index (χ4v) is 0.960. The van der Waals surface area contributed by atoms with Crippen molar-refractivity contribution in [2.75, 3.05) is 6.61 Å². The van der Waals surface area contributed by atoms with Crippen molar-refractivity contribution in [2.45, 2.75) is 6.92 Å². The molecule has 90 valence electrons. The standard InChI is InChI=1S/C11H12N2O4/c1-2-16-11(15)9(12)13-17-10(14)8-6-4-3-5-7-8/h3-7H,2H2,1H3,(H2,12,13). The highest BCUT2D eigenvalue weighted by atomic mass is 16.7. The maximum atomic E-state index is 11.4. The summed E-state index contributed by atoms with van der Waals surface area (Å²) in [5.74, 6) is -2.03. The Morgan fingerprint density at radius 3 is 2.53 bits per heavy atom. The molecule has 6 nitrogen and oxygen atoms in total. The molecule has 0 aliphatic carbocycles. The number of nitrogens with zero attached hydrogens (tertiary/aromatic N) is 1. The number of benzene rings is 1. The van der Waals surface area contributed by atoms with E-state index < -0.39 is 17.8 Å². The molecule has 17 heavy (non-hydrogen) atoms. The number of ether oxygens (including phenoxy) is 1. The van der Waals surface area contributed by atoms with E-state index in [2.05, 4.69) is 14.7 Å². The first-order valence-corrected chi connectivity index (χ1v) is 4.92. The van der Waals surface area contributed by atoms with Crippen LogP contribution in [0.3, 0.4) is 0 Å². The molecular formula is C11H12N2O4. The summed E-state index contributed by atoms with van der Waals surface area (Å²) in [5, 5.41) is 3.19. The Balaban J connectivity index is 2.59. The lowest BCUT2D eigenvalue weighted by Crippen LogP contribution is -2.26. The first-order chi connectivity index (χ1) is 8.15. The van der Waals surface area contributed by atoms with E-state index in [1.54, 1.807) is 37.3 Å². The van der Waals surface area contributed by atoms with E-state index >= 15 is 0 Å². The summed E-state index contributed by atoms with van der Waals surface area (Å²) in [4.78, 5) is 26.9. The highest BCUT2D eigenvalue weighted by Gasteiger charge is 2.11. The Labute approximate surface area is 98.0 Å². The number of carbonyl (C=O) groups excluding carboxylic acids is 2. The van der Waals surface area contributed by atoms with Crippen LogP contribution in [0.5, 0.6) is 0 Å². The second-order valence-electron chi connectivity index (χ2n) is 2.94. The second kappa shape index (κ2) is 6.26. The molecule has 0 aromatic heterocycles.